The highest BCUT2D eigenvalue weighted by atomic mass is 35.5. The summed E-state index contributed by atoms with van der Waals surface area (Å²) in [5.41, 5.74) is 1.29. The lowest BCUT2D eigenvalue weighted by Crippen LogP contribution is -2.24. The molecular weight excluding hydrogens is 316 g/mol. The summed E-state index contributed by atoms with van der Waals surface area (Å²) in [6, 6.07) is 8.93. The second-order valence-corrected chi connectivity index (χ2v) is 5.35. The van der Waals surface area contributed by atoms with Crippen LogP contribution in [0.3, 0.4) is 0 Å². The average molecular weight is 335 g/mol. The number of hydrogen-bond donors (Lipinski definition) is 2. The zero-order valence-electron chi connectivity index (χ0n) is 13.1. The van der Waals surface area contributed by atoms with Crippen LogP contribution in [0.4, 0.5) is 5.82 Å². The van der Waals surface area contributed by atoms with Crippen LogP contribution in [0.5, 0.6) is 0 Å². The van der Waals surface area contributed by atoms with Crippen LogP contribution in [0, 0.1) is 6.92 Å². The third-order valence-corrected chi connectivity index (χ3v) is 3.30. The van der Waals surface area contributed by atoms with Gasteiger partial charge in [0.1, 0.15) is 17.3 Å². The molecule has 0 unspecified atom stereocenters. The van der Waals surface area contributed by atoms with Gasteiger partial charge < -0.3 is 15.4 Å². The number of nitrogens with zero attached hydrogens (tertiary/aromatic N) is 2. The maximum absolute atomic E-state index is 12.2. The van der Waals surface area contributed by atoms with Crippen LogP contribution in [0.25, 0.3) is 0 Å². The second-order valence-electron chi connectivity index (χ2n) is 4.91. The Balaban J connectivity index is 1.99. The number of benzene rings is 1. The molecule has 0 spiro atoms. The van der Waals surface area contributed by atoms with Gasteiger partial charge in [-0.05, 0) is 24.6 Å². The number of amides is 1. The minimum atomic E-state index is -0.250. The predicted octanol–water partition coefficient (Wildman–Crippen LogP) is 2.43. The first-order valence-corrected chi connectivity index (χ1v) is 7.57. The summed E-state index contributed by atoms with van der Waals surface area (Å²) < 4.78 is 4.97. The van der Waals surface area contributed by atoms with E-state index in [1.165, 1.54) is 0 Å². The first kappa shape index (κ1) is 17.2. The SMILES string of the molecule is COCCNc1cc(C(=O)NCc2ccc(Cl)cc2)nc(C)n1. The summed E-state index contributed by atoms with van der Waals surface area (Å²) in [5.74, 6) is 0.885. The maximum atomic E-state index is 12.2. The number of rotatable bonds is 7. The molecule has 7 heteroatoms. The number of ether oxygens (including phenoxy) is 1. The summed E-state index contributed by atoms with van der Waals surface area (Å²) in [7, 11) is 1.63. The van der Waals surface area contributed by atoms with E-state index in [9.17, 15) is 4.79 Å². The maximum Gasteiger partial charge on any atom is 0.270 e. The third kappa shape index (κ3) is 5.50. The lowest BCUT2D eigenvalue weighted by atomic mass is 10.2. The lowest BCUT2D eigenvalue weighted by Gasteiger charge is -2.09. The fourth-order valence-electron chi connectivity index (χ4n) is 1.93. The Morgan fingerprint density at radius 2 is 2.00 bits per heavy atom. The molecule has 0 aliphatic heterocycles. The number of anilines is 1. The smallest absolute Gasteiger partial charge is 0.270 e. The van der Waals surface area contributed by atoms with Crippen molar-refractivity contribution < 1.29 is 9.53 Å². The molecule has 1 aromatic heterocycles. The van der Waals surface area contributed by atoms with E-state index >= 15 is 0 Å². The highest BCUT2D eigenvalue weighted by molar-refractivity contribution is 6.30. The zero-order chi connectivity index (χ0) is 16.7. The van der Waals surface area contributed by atoms with Crippen LogP contribution in [0.2, 0.25) is 5.02 Å². The standard InChI is InChI=1S/C16H19ClN4O2/c1-11-20-14(9-15(21-11)18-7-8-23-2)16(22)19-10-12-3-5-13(17)6-4-12/h3-6,9H,7-8,10H2,1-2H3,(H,19,22)(H,18,20,21). The van der Waals surface area contributed by atoms with Crippen LogP contribution >= 0.6 is 11.6 Å². The quantitative estimate of drug-likeness (QED) is 0.760. The van der Waals surface area contributed by atoms with Crippen molar-refractivity contribution in [1.82, 2.24) is 15.3 Å². The monoisotopic (exact) mass is 334 g/mol. The number of carbonyl (C=O) groups is 1. The second kappa shape index (κ2) is 8.45. The minimum Gasteiger partial charge on any atom is -0.383 e. The average Bonchev–Trinajstić information content (AvgIpc) is 2.54. The molecule has 0 aliphatic rings. The summed E-state index contributed by atoms with van der Waals surface area (Å²) in [5, 5.41) is 6.59. The van der Waals surface area contributed by atoms with Gasteiger partial charge in [0.05, 0.1) is 6.61 Å². The van der Waals surface area contributed by atoms with Crippen molar-refractivity contribution in [1.29, 1.82) is 0 Å². The molecule has 2 rings (SSSR count). The Morgan fingerprint density at radius 3 is 2.70 bits per heavy atom. The molecule has 0 atom stereocenters. The molecule has 1 aromatic carbocycles. The van der Waals surface area contributed by atoms with Crippen molar-refractivity contribution >= 4 is 23.3 Å². The number of methoxy groups -OCH3 is 1. The number of nitrogens with one attached hydrogen (secondary N) is 2. The van der Waals surface area contributed by atoms with E-state index in [-0.39, 0.29) is 5.91 Å². The molecule has 0 saturated carbocycles. The van der Waals surface area contributed by atoms with Crippen molar-refractivity contribution in [3.05, 3.63) is 52.4 Å². The Morgan fingerprint density at radius 1 is 1.26 bits per heavy atom. The molecule has 2 aromatic rings. The molecule has 0 saturated heterocycles. The van der Waals surface area contributed by atoms with E-state index in [1.807, 2.05) is 12.1 Å². The number of halogens is 1. The van der Waals surface area contributed by atoms with Gasteiger partial charge in [0, 0.05) is 31.3 Å². The third-order valence-electron chi connectivity index (χ3n) is 3.05. The lowest BCUT2D eigenvalue weighted by molar-refractivity contribution is 0.0945. The molecular formula is C16H19ClN4O2. The van der Waals surface area contributed by atoms with Crippen LogP contribution in [-0.2, 0) is 11.3 Å². The summed E-state index contributed by atoms with van der Waals surface area (Å²) in [6.45, 7) is 3.32. The van der Waals surface area contributed by atoms with E-state index < -0.39 is 0 Å². The molecule has 0 aliphatic carbocycles. The van der Waals surface area contributed by atoms with Crippen molar-refractivity contribution in [3.63, 3.8) is 0 Å². The fraction of sp³-hybridized carbons (Fsp3) is 0.312. The largest absolute Gasteiger partial charge is 0.383 e. The number of hydrogen-bond acceptors (Lipinski definition) is 5. The van der Waals surface area contributed by atoms with Crippen LogP contribution in [0.1, 0.15) is 21.9 Å². The molecule has 0 fully saturated rings. The van der Waals surface area contributed by atoms with Gasteiger partial charge in [0.2, 0.25) is 0 Å². The van der Waals surface area contributed by atoms with E-state index in [1.54, 1.807) is 32.2 Å². The molecule has 0 radical (unpaired) electrons. The number of carbonyl (C=O) groups excluding carboxylic acids is 1. The van der Waals surface area contributed by atoms with E-state index in [0.29, 0.717) is 42.1 Å². The van der Waals surface area contributed by atoms with E-state index in [4.69, 9.17) is 16.3 Å². The van der Waals surface area contributed by atoms with Crippen molar-refractivity contribution in [3.8, 4) is 0 Å². The Hall–Kier alpha value is -2.18. The summed E-state index contributed by atoms with van der Waals surface area (Å²) in [4.78, 5) is 20.7. The number of aromatic nitrogens is 2. The normalized spacial score (nSPS) is 10.4. The van der Waals surface area contributed by atoms with Gasteiger partial charge in [-0.1, -0.05) is 23.7 Å². The molecule has 1 heterocycles. The van der Waals surface area contributed by atoms with Gasteiger partial charge in [-0.2, -0.15) is 0 Å². The molecule has 2 N–H and O–H groups in total. The summed E-state index contributed by atoms with van der Waals surface area (Å²) >= 11 is 5.84. The van der Waals surface area contributed by atoms with Crippen molar-refractivity contribution in [2.75, 3.05) is 25.6 Å². The van der Waals surface area contributed by atoms with Gasteiger partial charge in [-0.25, -0.2) is 9.97 Å². The molecule has 0 bridgehead atoms. The van der Waals surface area contributed by atoms with Gasteiger partial charge in [-0.3, -0.25) is 4.79 Å². The van der Waals surface area contributed by atoms with Crippen molar-refractivity contribution in [2.24, 2.45) is 0 Å². The molecule has 1 amide bonds. The van der Waals surface area contributed by atoms with Gasteiger partial charge in [-0.15, -0.1) is 0 Å². The van der Waals surface area contributed by atoms with Crippen LogP contribution < -0.4 is 10.6 Å². The predicted molar refractivity (Wildman–Crippen MR) is 89.8 cm³/mol. The Bertz CT molecular complexity index is 662. The first-order valence-electron chi connectivity index (χ1n) is 7.19. The fourth-order valence-corrected chi connectivity index (χ4v) is 2.06. The van der Waals surface area contributed by atoms with Crippen molar-refractivity contribution in [2.45, 2.75) is 13.5 Å². The first-order chi connectivity index (χ1) is 11.1. The Labute approximate surface area is 140 Å². The van der Waals surface area contributed by atoms with E-state index in [0.717, 1.165) is 5.56 Å². The zero-order valence-corrected chi connectivity index (χ0v) is 13.9. The Kier molecular flexibility index (Phi) is 6.31. The highest BCUT2D eigenvalue weighted by Gasteiger charge is 2.10. The van der Waals surface area contributed by atoms with Gasteiger partial charge in [0.25, 0.3) is 5.91 Å². The van der Waals surface area contributed by atoms with Gasteiger partial charge >= 0.3 is 0 Å². The van der Waals surface area contributed by atoms with Crippen LogP contribution in [0.15, 0.2) is 30.3 Å². The van der Waals surface area contributed by atoms with E-state index in [2.05, 4.69) is 20.6 Å². The molecule has 6 nitrogen and oxygen atoms in total. The number of aryl methyl sites for hydroxylation is 1. The van der Waals surface area contributed by atoms with Crippen LogP contribution in [-0.4, -0.2) is 36.1 Å². The topological polar surface area (TPSA) is 76.1 Å². The molecule has 122 valence electrons. The summed E-state index contributed by atoms with van der Waals surface area (Å²) in [6.07, 6.45) is 0. The minimum absolute atomic E-state index is 0.250. The van der Waals surface area contributed by atoms with Gasteiger partial charge in [0.15, 0.2) is 0 Å². The molecule has 23 heavy (non-hydrogen) atoms. The highest BCUT2D eigenvalue weighted by Crippen LogP contribution is 2.10.